The van der Waals surface area contributed by atoms with Gasteiger partial charge in [0.2, 0.25) is 0 Å². The first-order chi connectivity index (χ1) is 10.6. The van der Waals surface area contributed by atoms with Gasteiger partial charge >= 0.3 is 0 Å². The number of nitrogens with one attached hydrogen (secondary N) is 1. The second kappa shape index (κ2) is 8.34. The predicted molar refractivity (Wildman–Crippen MR) is 86.2 cm³/mol. The number of aryl methyl sites for hydroxylation is 2. The number of nitrogens with zero attached hydrogens (tertiary/aromatic N) is 1. The van der Waals surface area contributed by atoms with E-state index in [1.54, 1.807) is 6.07 Å². The van der Waals surface area contributed by atoms with Crippen LogP contribution in [0.5, 0.6) is 0 Å². The second-order valence-corrected chi connectivity index (χ2v) is 6.02. The molecule has 0 aliphatic carbocycles. The van der Waals surface area contributed by atoms with Gasteiger partial charge < -0.3 is 19.4 Å². The standard InChI is InChI=1S/C17H28N2O3/c1-4-21-10-9-19-7-5-15(6-8-19)12-18-17(20)16-11-13(2)22-14(16)3/h11,15H,4-10,12H2,1-3H3,(H,18,20). The summed E-state index contributed by atoms with van der Waals surface area (Å²) in [6.07, 6.45) is 2.27. The molecule has 5 nitrogen and oxygen atoms in total. The van der Waals surface area contributed by atoms with E-state index in [0.717, 1.165) is 58.0 Å². The Labute approximate surface area is 133 Å². The number of carbonyl (C=O) groups excluding carboxylic acids is 1. The van der Waals surface area contributed by atoms with E-state index in [2.05, 4.69) is 10.2 Å². The van der Waals surface area contributed by atoms with Gasteiger partial charge in [0.1, 0.15) is 11.5 Å². The zero-order valence-electron chi connectivity index (χ0n) is 14.0. The zero-order chi connectivity index (χ0) is 15.9. The van der Waals surface area contributed by atoms with Crippen LogP contribution in [0, 0.1) is 19.8 Å². The minimum atomic E-state index is -0.0203. The molecule has 0 radical (unpaired) electrons. The zero-order valence-corrected chi connectivity index (χ0v) is 14.0. The van der Waals surface area contributed by atoms with E-state index in [4.69, 9.17) is 9.15 Å². The summed E-state index contributed by atoms with van der Waals surface area (Å²) < 4.78 is 10.8. The molecule has 2 heterocycles. The van der Waals surface area contributed by atoms with E-state index in [9.17, 15) is 4.79 Å². The van der Waals surface area contributed by atoms with Crippen LogP contribution in [0.2, 0.25) is 0 Å². The smallest absolute Gasteiger partial charge is 0.254 e. The van der Waals surface area contributed by atoms with Crippen molar-refractivity contribution in [3.63, 3.8) is 0 Å². The average Bonchev–Trinajstić information content (AvgIpc) is 2.85. The van der Waals surface area contributed by atoms with Crippen LogP contribution >= 0.6 is 0 Å². The lowest BCUT2D eigenvalue weighted by atomic mass is 9.96. The van der Waals surface area contributed by atoms with Crippen molar-refractivity contribution < 1.29 is 13.9 Å². The third kappa shape index (κ3) is 4.85. The van der Waals surface area contributed by atoms with E-state index >= 15 is 0 Å². The second-order valence-electron chi connectivity index (χ2n) is 6.02. The predicted octanol–water partition coefficient (Wildman–Crippen LogP) is 2.37. The lowest BCUT2D eigenvalue weighted by Crippen LogP contribution is -2.40. The normalized spacial score (nSPS) is 16.9. The van der Waals surface area contributed by atoms with E-state index in [-0.39, 0.29) is 5.91 Å². The third-order valence-corrected chi connectivity index (χ3v) is 4.30. The van der Waals surface area contributed by atoms with Gasteiger partial charge in [0.05, 0.1) is 12.2 Å². The molecule has 1 saturated heterocycles. The Morgan fingerprint density at radius 2 is 2.14 bits per heavy atom. The summed E-state index contributed by atoms with van der Waals surface area (Å²) in [6, 6.07) is 1.81. The number of hydrogen-bond donors (Lipinski definition) is 1. The summed E-state index contributed by atoms with van der Waals surface area (Å²) in [5.41, 5.74) is 0.659. The largest absolute Gasteiger partial charge is 0.466 e. The summed E-state index contributed by atoms with van der Waals surface area (Å²) in [5.74, 6) is 2.03. The molecule has 0 unspecified atom stereocenters. The summed E-state index contributed by atoms with van der Waals surface area (Å²) in [7, 11) is 0. The molecule has 0 bridgehead atoms. The quantitative estimate of drug-likeness (QED) is 0.786. The number of hydrogen-bond acceptors (Lipinski definition) is 4. The van der Waals surface area contributed by atoms with Crippen molar-refractivity contribution in [1.29, 1.82) is 0 Å². The van der Waals surface area contributed by atoms with E-state index in [0.29, 0.717) is 17.2 Å². The Kier molecular flexibility index (Phi) is 6.46. The number of amides is 1. The first-order valence-electron chi connectivity index (χ1n) is 8.25. The third-order valence-electron chi connectivity index (χ3n) is 4.30. The van der Waals surface area contributed by atoms with Crippen LogP contribution in [-0.2, 0) is 4.74 Å². The molecule has 1 aromatic rings. The minimum Gasteiger partial charge on any atom is -0.466 e. The van der Waals surface area contributed by atoms with Crippen molar-refractivity contribution in [2.24, 2.45) is 5.92 Å². The molecule has 5 heteroatoms. The molecule has 1 amide bonds. The summed E-state index contributed by atoms with van der Waals surface area (Å²) in [4.78, 5) is 14.6. The highest BCUT2D eigenvalue weighted by molar-refractivity contribution is 5.95. The van der Waals surface area contributed by atoms with Crippen LogP contribution < -0.4 is 5.32 Å². The van der Waals surface area contributed by atoms with Gasteiger partial charge in [-0.15, -0.1) is 0 Å². The van der Waals surface area contributed by atoms with Gasteiger partial charge in [-0.05, 0) is 58.7 Å². The molecule has 1 N–H and O–H groups in total. The number of likely N-dealkylation sites (tertiary alicyclic amines) is 1. The average molecular weight is 308 g/mol. The fourth-order valence-electron chi connectivity index (χ4n) is 2.94. The summed E-state index contributed by atoms with van der Waals surface area (Å²) in [5, 5.41) is 3.05. The molecule has 1 fully saturated rings. The first-order valence-corrected chi connectivity index (χ1v) is 8.25. The molecular formula is C17H28N2O3. The topological polar surface area (TPSA) is 54.7 Å². The Bertz CT molecular complexity index is 476. The van der Waals surface area contributed by atoms with Gasteiger partial charge in [0, 0.05) is 19.7 Å². The minimum absolute atomic E-state index is 0.0203. The van der Waals surface area contributed by atoms with Crippen molar-refractivity contribution in [1.82, 2.24) is 10.2 Å². The molecular weight excluding hydrogens is 280 g/mol. The highest BCUT2D eigenvalue weighted by atomic mass is 16.5. The van der Waals surface area contributed by atoms with Crippen LogP contribution in [0.1, 0.15) is 41.6 Å². The highest BCUT2D eigenvalue weighted by Gasteiger charge is 2.20. The Morgan fingerprint density at radius 3 is 2.73 bits per heavy atom. The fraction of sp³-hybridized carbons (Fsp3) is 0.706. The Balaban J connectivity index is 1.68. The van der Waals surface area contributed by atoms with Crippen LogP contribution in [0.3, 0.4) is 0 Å². The van der Waals surface area contributed by atoms with Crippen molar-refractivity contribution in [3.05, 3.63) is 23.2 Å². The number of piperidine rings is 1. The molecule has 0 saturated carbocycles. The lowest BCUT2D eigenvalue weighted by molar-refractivity contribution is 0.0891. The van der Waals surface area contributed by atoms with Crippen molar-refractivity contribution in [2.45, 2.75) is 33.6 Å². The fourth-order valence-corrected chi connectivity index (χ4v) is 2.94. The monoisotopic (exact) mass is 308 g/mol. The van der Waals surface area contributed by atoms with Gasteiger partial charge in [-0.1, -0.05) is 0 Å². The number of rotatable bonds is 7. The van der Waals surface area contributed by atoms with Crippen LogP contribution in [0.25, 0.3) is 0 Å². The molecule has 0 aromatic carbocycles. The summed E-state index contributed by atoms with van der Waals surface area (Å²) in [6.45, 7) is 11.3. The van der Waals surface area contributed by atoms with Crippen molar-refractivity contribution >= 4 is 5.91 Å². The van der Waals surface area contributed by atoms with Crippen LogP contribution in [-0.4, -0.2) is 50.2 Å². The molecule has 0 atom stereocenters. The Hall–Kier alpha value is -1.33. The lowest BCUT2D eigenvalue weighted by Gasteiger charge is -2.31. The summed E-state index contributed by atoms with van der Waals surface area (Å²) >= 11 is 0. The molecule has 22 heavy (non-hydrogen) atoms. The number of ether oxygens (including phenoxy) is 1. The first kappa shape index (κ1) is 17.0. The molecule has 1 aliphatic heterocycles. The van der Waals surface area contributed by atoms with E-state index in [1.807, 2.05) is 20.8 Å². The van der Waals surface area contributed by atoms with Gasteiger partial charge in [-0.3, -0.25) is 4.79 Å². The van der Waals surface area contributed by atoms with Gasteiger partial charge in [-0.25, -0.2) is 0 Å². The van der Waals surface area contributed by atoms with Gasteiger partial charge in [-0.2, -0.15) is 0 Å². The molecule has 124 valence electrons. The van der Waals surface area contributed by atoms with E-state index < -0.39 is 0 Å². The number of furan rings is 1. The van der Waals surface area contributed by atoms with Gasteiger partial charge in [0.15, 0.2) is 0 Å². The SMILES string of the molecule is CCOCCN1CCC(CNC(=O)c2cc(C)oc2C)CC1. The molecule has 1 aliphatic rings. The maximum Gasteiger partial charge on any atom is 0.254 e. The van der Waals surface area contributed by atoms with Crippen LogP contribution in [0.15, 0.2) is 10.5 Å². The Morgan fingerprint density at radius 1 is 1.41 bits per heavy atom. The maximum atomic E-state index is 12.2. The molecule has 2 rings (SSSR count). The van der Waals surface area contributed by atoms with Crippen molar-refractivity contribution in [2.75, 3.05) is 39.4 Å². The van der Waals surface area contributed by atoms with Gasteiger partial charge in [0.25, 0.3) is 5.91 Å². The molecule has 0 spiro atoms. The highest BCUT2D eigenvalue weighted by Crippen LogP contribution is 2.17. The van der Waals surface area contributed by atoms with Crippen molar-refractivity contribution in [3.8, 4) is 0 Å². The number of carbonyl (C=O) groups is 1. The molecule has 1 aromatic heterocycles. The maximum absolute atomic E-state index is 12.2. The van der Waals surface area contributed by atoms with E-state index in [1.165, 1.54) is 0 Å². The van der Waals surface area contributed by atoms with Crippen LogP contribution in [0.4, 0.5) is 0 Å².